The van der Waals surface area contributed by atoms with Crippen molar-refractivity contribution >= 4 is 0 Å². The molecule has 0 amide bonds. The van der Waals surface area contributed by atoms with E-state index in [1.807, 2.05) is 29.2 Å². The first kappa shape index (κ1) is 13.5. The van der Waals surface area contributed by atoms with E-state index in [1.165, 1.54) is 37.7 Å². The molecule has 0 unspecified atom stereocenters. The quantitative estimate of drug-likeness (QED) is 0.681. The minimum absolute atomic E-state index is 0. The summed E-state index contributed by atoms with van der Waals surface area (Å²) in [6.45, 7) is 0. The molecule has 1 fully saturated rings. The Hall–Kier alpha value is -0.921. The van der Waals surface area contributed by atoms with E-state index in [0.717, 1.165) is 5.69 Å². The number of hydrogen-bond donors (Lipinski definition) is 0. The summed E-state index contributed by atoms with van der Waals surface area (Å²) in [7, 11) is 0. The molecule has 1 aliphatic rings. The van der Waals surface area contributed by atoms with Gasteiger partial charge < -0.3 is 0 Å². The predicted molar refractivity (Wildman–Crippen MR) is 68.2 cm³/mol. The number of hydrogen-bond acceptors (Lipinski definition) is 1. The van der Waals surface area contributed by atoms with Crippen molar-refractivity contribution in [3.8, 4) is 5.69 Å². The second-order valence-electron chi connectivity index (χ2n) is 4.76. The maximum atomic E-state index is 4.33. The fraction of sp³-hybridized carbons (Fsp3) is 0.400. The second-order valence-corrected chi connectivity index (χ2v) is 4.76. The van der Waals surface area contributed by atoms with Gasteiger partial charge in [0.05, 0.1) is 0 Å². The van der Waals surface area contributed by atoms with Crippen molar-refractivity contribution in [2.24, 2.45) is 0 Å². The summed E-state index contributed by atoms with van der Waals surface area (Å²) < 4.78 is 1.93. The van der Waals surface area contributed by atoms with Crippen molar-refractivity contribution in [2.45, 2.75) is 38.0 Å². The number of benzene rings is 1. The van der Waals surface area contributed by atoms with E-state index in [4.69, 9.17) is 0 Å². The first-order valence-electron chi connectivity index (χ1n) is 6.46. The molecule has 3 heteroatoms. The zero-order valence-corrected chi connectivity index (χ0v) is 12.7. The van der Waals surface area contributed by atoms with Crippen molar-refractivity contribution in [1.82, 2.24) is 9.78 Å². The molecule has 2 aromatic rings. The van der Waals surface area contributed by atoms with E-state index in [9.17, 15) is 0 Å². The minimum atomic E-state index is 0. The monoisotopic (exact) mass is 418 g/mol. The van der Waals surface area contributed by atoms with Gasteiger partial charge in [0.25, 0.3) is 0 Å². The van der Waals surface area contributed by atoms with Crippen LogP contribution in [-0.4, -0.2) is 9.78 Å². The van der Waals surface area contributed by atoms with Crippen molar-refractivity contribution in [2.75, 3.05) is 0 Å². The Morgan fingerprint density at radius 3 is 2.72 bits per heavy atom. The second kappa shape index (κ2) is 6.31. The van der Waals surface area contributed by atoms with Crippen molar-refractivity contribution in [1.29, 1.82) is 0 Å². The van der Waals surface area contributed by atoms with Gasteiger partial charge in [-0.2, -0.15) is 29.4 Å². The van der Waals surface area contributed by atoms with Crippen LogP contribution in [0.1, 0.15) is 43.6 Å². The van der Waals surface area contributed by atoms with Crippen LogP contribution in [0.5, 0.6) is 0 Å². The first-order valence-corrected chi connectivity index (χ1v) is 6.46. The molecule has 1 saturated carbocycles. The van der Waals surface area contributed by atoms with Crippen LogP contribution in [0, 0.1) is 6.07 Å². The third-order valence-corrected chi connectivity index (χ3v) is 3.64. The number of aromatic nitrogens is 2. The van der Waals surface area contributed by atoms with Crippen LogP contribution in [-0.2, 0) is 20.1 Å². The largest absolute Gasteiger partial charge is 0.265 e. The minimum Gasteiger partial charge on any atom is -0.265 e. The van der Waals surface area contributed by atoms with Gasteiger partial charge >= 0.3 is 0 Å². The number of para-hydroxylation sites is 1. The maximum Gasteiger partial charge on any atom is 0.0493 e. The van der Waals surface area contributed by atoms with Gasteiger partial charge in [-0.05, 0) is 11.8 Å². The molecule has 0 spiro atoms. The van der Waals surface area contributed by atoms with Gasteiger partial charge in [-0.15, -0.1) is 5.56 Å². The Labute approximate surface area is 122 Å². The predicted octanol–water partition coefficient (Wildman–Crippen LogP) is 3.72. The molecule has 0 bridgehead atoms. The SMILES string of the molecule is [Ir].[c-]1cccc(C2CCCCC2)c1-n1cccn1. The first-order chi connectivity index (χ1) is 8.45. The molecular formula is C15H17IrN2-. The molecule has 0 N–H and O–H groups in total. The van der Waals surface area contributed by atoms with Gasteiger partial charge in [0, 0.05) is 32.5 Å². The summed E-state index contributed by atoms with van der Waals surface area (Å²) in [5.74, 6) is 0.695. The Morgan fingerprint density at radius 2 is 2.00 bits per heavy atom. The van der Waals surface area contributed by atoms with Gasteiger partial charge in [0.2, 0.25) is 0 Å². The zero-order chi connectivity index (χ0) is 11.5. The Kier molecular flexibility index (Phi) is 4.73. The van der Waals surface area contributed by atoms with E-state index in [2.05, 4.69) is 23.3 Å². The summed E-state index contributed by atoms with van der Waals surface area (Å²) in [6.07, 6.45) is 10.6. The standard InChI is InChI=1S/C15H17N2.Ir/c1-2-7-13(8-3-1)14-9-4-5-10-15(14)17-12-6-11-16-17;/h4-6,9,11-13H,1-3,7-8H2;/q-1;. The van der Waals surface area contributed by atoms with Gasteiger partial charge in [0.1, 0.15) is 0 Å². The summed E-state index contributed by atoms with van der Waals surface area (Å²) >= 11 is 0. The third kappa shape index (κ3) is 2.73. The fourth-order valence-corrected chi connectivity index (χ4v) is 2.78. The van der Waals surface area contributed by atoms with E-state index in [-0.39, 0.29) is 20.1 Å². The van der Waals surface area contributed by atoms with Crippen LogP contribution < -0.4 is 0 Å². The molecular weight excluding hydrogens is 400 g/mol. The molecule has 1 aliphatic carbocycles. The van der Waals surface area contributed by atoms with E-state index in [0.29, 0.717) is 5.92 Å². The van der Waals surface area contributed by atoms with Gasteiger partial charge in [-0.3, -0.25) is 4.68 Å². The van der Waals surface area contributed by atoms with Crippen molar-refractivity contribution in [3.63, 3.8) is 0 Å². The van der Waals surface area contributed by atoms with Crippen LogP contribution >= 0.6 is 0 Å². The van der Waals surface area contributed by atoms with Crippen LogP contribution in [0.2, 0.25) is 0 Å². The van der Waals surface area contributed by atoms with Crippen LogP contribution in [0.15, 0.2) is 36.7 Å². The molecule has 97 valence electrons. The molecule has 0 saturated heterocycles. The zero-order valence-electron chi connectivity index (χ0n) is 10.3. The van der Waals surface area contributed by atoms with E-state index in [1.54, 1.807) is 0 Å². The van der Waals surface area contributed by atoms with Crippen molar-refractivity contribution < 1.29 is 20.1 Å². The Morgan fingerprint density at radius 1 is 1.17 bits per heavy atom. The van der Waals surface area contributed by atoms with E-state index >= 15 is 0 Å². The maximum absolute atomic E-state index is 4.33. The van der Waals surface area contributed by atoms with Gasteiger partial charge in [-0.1, -0.05) is 38.0 Å². The average molecular weight is 418 g/mol. The molecule has 0 atom stereocenters. The molecule has 1 heterocycles. The molecule has 3 rings (SSSR count). The Balaban J connectivity index is 0.00000120. The fourth-order valence-electron chi connectivity index (χ4n) is 2.78. The average Bonchev–Trinajstić information content (AvgIpc) is 2.94. The topological polar surface area (TPSA) is 17.8 Å². The molecule has 1 aromatic heterocycles. The molecule has 1 aromatic carbocycles. The smallest absolute Gasteiger partial charge is 0.0493 e. The van der Waals surface area contributed by atoms with Crippen molar-refractivity contribution in [3.05, 3.63) is 48.3 Å². The number of nitrogens with zero attached hydrogens (tertiary/aromatic N) is 2. The Bertz CT molecular complexity index is 473. The van der Waals surface area contributed by atoms with Crippen LogP contribution in [0.4, 0.5) is 0 Å². The molecule has 1 radical (unpaired) electrons. The molecule has 18 heavy (non-hydrogen) atoms. The summed E-state index contributed by atoms with van der Waals surface area (Å²) in [6, 6.07) is 11.6. The summed E-state index contributed by atoms with van der Waals surface area (Å²) in [5, 5.41) is 4.33. The van der Waals surface area contributed by atoms with E-state index < -0.39 is 0 Å². The van der Waals surface area contributed by atoms with Gasteiger partial charge in [-0.25, -0.2) is 0 Å². The normalized spacial score (nSPS) is 16.2. The van der Waals surface area contributed by atoms with Crippen LogP contribution in [0.25, 0.3) is 5.69 Å². The third-order valence-electron chi connectivity index (χ3n) is 3.64. The molecule has 0 aliphatic heterocycles. The van der Waals surface area contributed by atoms with Crippen LogP contribution in [0.3, 0.4) is 0 Å². The molecule has 2 nitrogen and oxygen atoms in total. The van der Waals surface area contributed by atoms with Gasteiger partial charge in [0.15, 0.2) is 0 Å². The summed E-state index contributed by atoms with van der Waals surface area (Å²) in [5.41, 5.74) is 2.54. The number of rotatable bonds is 2. The summed E-state index contributed by atoms with van der Waals surface area (Å²) in [4.78, 5) is 0.